The van der Waals surface area contributed by atoms with E-state index in [4.69, 9.17) is 15.6 Å². The number of aryl methyl sites for hydroxylation is 2. The summed E-state index contributed by atoms with van der Waals surface area (Å²) in [4.78, 5) is 10.8. The largest absolute Gasteiger partial charge is 0.488 e. The van der Waals surface area contributed by atoms with Crippen LogP contribution in [0.5, 0.6) is 5.75 Å². The Hall–Kier alpha value is -2.59. The number of hydrogen-bond acceptors (Lipinski definition) is 3. The van der Waals surface area contributed by atoms with E-state index in [1.165, 1.54) is 5.57 Å². The molecule has 0 bridgehead atoms. The van der Waals surface area contributed by atoms with Gasteiger partial charge < -0.3 is 15.6 Å². The Kier molecular flexibility index (Phi) is 6.37. The smallest absolute Gasteiger partial charge is 0.335 e. The molecule has 25 heavy (non-hydrogen) atoms. The molecule has 3 N–H and O–H groups in total. The van der Waals surface area contributed by atoms with Crippen molar-refractivity contribution in [2.45, 2.75) is 33.2 Å². The van der Waals surface area contributed by atoms with Crippen LogP contribution < -0.4 is 10.5 Å². The molecule has 0 saturated heterocycles. The number of ether oxygens (including phenoxy) is 1. The lowest BCUT2D eigenvalue weighted by atomic mass is 10.0. The van der Waals surface area contributed by atoms with Crippen LogP contribution in [0.4, 0.5) is 0 Å². The van der Waals surface area contributed by atoms with Crippen LogP contribution in [-0.4, -0.2) is 23.7 Å². The van der Waals surface area contributed by atoms with E-state index in [2.05, 4.69) is 18.2 Å². The Labute approximate surface area is 149 Å². The van der Waals surface area contributed by atoms with Crippen molar-refractivity contribution in [1.82, 2.24) is 0 Å². The summed E-state index contributed by atoms with van der Waals surface area (Å²) in [6.45, 7) is 6.09. The Morgan fingerprint density at radius 1 is 1.28 bits per heavy atom. The molecule has 0 spiro atoms. The average molecular weight is 339 g/mol. The number of rotatable bonds is 2. The molecule has 2 aliphatic rings. The van der Waals surface area contributed by atoms with Gasteiger partial charge in [-0.25, -0.2) is 4.79 Å². The first kappa shape index (κ1) is 18.7. The normalized spacial score (nSPS) is 16.3. The van der Waals surface area contributed by atoms with Gasteiger partial charge in [-0.15, -0.1) is 0 Å². The number of carbonyl (C=O) groups is 1. The van der Waals surface area contributed by atoms with Gasteiger partial charge in [0.05, 0.1) is 5.57 Å². The summed E-state index contributed by atoms with van der Waals surface area (Å²) in [5.74, 6) is -0.120. The van der Waals surface area contributed by atoms with Crippen molar-refractivity contribution >= 4 is 12.0 Å². The lowest BCUT2D eigenvalue weighted by Crippen LogP contribution is -2.16. The fourth-order valence-electron chi connectivity index (χ4n) is 2.73. The summed E-state index contributed by atoms with van der Waals surface area (Å²) < 4.78 is 5.43. The molecule has 3 rings (SSSR count). The zero-order valence-corrected chi connectivity index (χ0v) is 15.0. The maximum absolute atomic E-state index is 10.8. The fraction of sp³-hybridized carbons (Fsp3) is 0.286. The highest BCUT2D eigenvalue weighted by molar-refractivity contribution is 5.94. The summed E-state index contributed by atoms with van der Waals surface area (Å²) in [7, 11) is 0. The number of carboxylic acid groups (broad SMARTS) is 1. The van der Waals surface area contributed by atoms with Gasteiger partial charge in [0.25, 0.3) is 0 Å². The first-order valence-corrected chi connectivity index (χ1v) is 8.35. The summed E-state index contributed by atoms with van der Waals surface area (Å²) in [5.41, 5.74) is 10.2. The van der Waals surface area contributed by atoms with Crippen molar-refractivity contribution in [2.75, 3.05) is 6.61 Å². The number of benzene rings is 1. The monoisotopic (exact) mass is 339 g/mol. The predicted octanol–water partition coefficient (Wildman–Crippen LogP) is 3.94. The van der Waals surface area contributed by atoms with Crippen LogP contribution in [0.25, 0.3) is 6.08 Å². The molecular formula is C21H25NO3. The van der Waals surface area contributed by atoms with Gasteiger partial charge >= 0.3 is 5.97 Å². The SMILES string of the molecule is CC(N)C1=CCC=CC=C1.Cc1cc(C)c2c(c1)C=C(C(=O)O)CO2. The lowest BCUT2D eigenvalue weighted by Gasteiger charge is -2.18. The van der Waals surface area contributed by atoms with Crippen LogP contribution in [-0.2, 0) is 4.79 Å². The van der Waals surface area contributed by atoms with E-state index in [9.17, 15) is 4.79 Å². The highest BCUT2D eigenvalue weighted by Crippen LogP contribution is 2.31. The van der Waals surface area contributed by atoms with Crippen LogP contribution in [0.1, 0.15) is 30.0 Å². The Bertz CT molecular complexity index is 768. The van der Waals surface area contributed by atoms with Crippen LogP contribution in [0.3, 0.4) is 0 Å². The van der Waals surface area contributed by atoms with Crippen molar-refractivity contribution in [1.29, 1.82) is 0 Å². The molecule has 4 nitrogen and oxygen atoms in total. The van der Waals surface area contributed by atoms with Crippen LogP contribution >= 0.6 is 0 Å². The van der Waals surface area contributed by atoms with E-state index < -0.39 is 5.97 Å². The minimum absolute atomic E-state index is 0.145. The van der Waals surface area contributed by atoms with E-state index in [0.29, 0.717) is 5.57 Å². The van der Waals surface area contributed by atoms with Crippen molar-refractivity contribution < 1.29 is 14.6 Å². The zero-order valence-electron chi connectivity index (χ0n) is 15.0. The van der Waals surface area contributed by atoms with Crippen molar-refractivity contribution in [2.24, 2.45) is 5.73 Å². The summed E-state index contributed by atoms with van der Waals surface area (Å²) in [6, 6.07) is 4.12. The minimum Gasteiger partial charge on any atom is -0.488 e. The average Bonchev–Trinajstić information content (AvgIpc) is 2.84. The van der Waals surface area contributed by atoms with Gasteiger partial charge in [-0.05, 0) is 50.5 Å². The standard InChI is InChI=1S/C12H12O3.C9H13N/c1-7-3-8(2)11-9(4-7)5-10(6-15-11)12(13)14;1-8(10)9-6-4-2-3-5-7-9/h3-5H,6H2,1-2H3,(H,13,14);2-4,6-8H,5,10H2,1H3. The Balaban J connectivity index is 0.000000196. The van der Waals surface area contributed by atoms with Crippen molar-refractivity contribution in [3.8, 4) is 5.75 Å². The van der Waals surface area contributed by atoms with E-state index in [1.54, 1.807) is 6.08 Å². The van der Waals surface area contributed by atoms with Crippen molar-refractivity contribution in [3.05, 3.63) is 70.3 Å². The van der Waals surface area contributed by atoms with E-state index in [-0.39, 0.29) is 12.6 Å². The Morgan fingerprint density at radius 3 is 2.72 bits per heavy atom. The van der Waals surface area contributed by atoms with Gasteiger partial charge in [0.1, 0.15) is 12.4 Å². The number of nitrogens with two attached hydrogens (primary N) is 1. The third kappa shape index (κ3) is 5.19. The van der Waals surface area contributed by atoms with Gasteiger partial charge in [0, 0.05) is 11.6 Å². The quantitative estimate of drug-likeness (QED) is 0.856. The summed E-state index contributed by atoms with van der Waals surface area (Å²) in [5, 5.41) is 8.85. The molecule has 4 heteroatoms. The molecule has 1 unspecified atom stereocenters. The molecule has 1 heterocycles. The minimum atomic E-state index is -0.917. The van der Waals surface area contributed by atoms with Crippen molar-refractivity contribution in [3.63, 3.8) is 0 Å². The first-order chi connectivity index (χ1) is 11.9. The number of hydrogen-bond donors (Lipinski definition) is 2. The number of allylic oxidation sites excluding steroid dienone is 4. The topological polar surface area (TPSA) is 72.6 Å². The van der Waals surface area contributed by atoms with E-state index in [0.717, 1.165) is 28.9 Å². The molecule has 1 aromatic rings. The maximum atomic E-state index is 10.8. The van der Waals surface area contributed by atoms with Gasteiger partial charge in [0.2, 0.25) is 0 Å². The van der Waals surface area contributed by atoms with Gasteiger partial charge in [-0.1, -0.05) is 42.0 Å². The van der Waals surface area contributed by atoms with E-state index >= 15 is 0 Å². The molecule has 1 aromatic carbocycles. The first-order valence-electron chi connectivity index (χ1n) is 8.35. The van der Waals surface area contributed by atoms with Crippen LogP contribution in [0.2, 0.25) is 0 Å². The predicted molar refractivity (Wildman–Crippen MR) is 102 cm³/mol. The second-order valence-electron chi connectivity index (χ2n) is 6.28. The molecular weight excluding hydrogens is 314 g/mol. The molecule has 0 fully saturated rings. The molecule has 1 aliphatic heterocycles. The van der Waals surface area contributed by atoms with Gasteiger partial charge in [-0.3, -0.25) is 0 Å². The molecule has 1 atom stereocenters. The number of fused-ring (bicyclic) bond motifs is 1. The van der Waals surface area contributed by atoms with E-state index in [1.807, 2.05) is 45.1 Å². The van der Waals surface area contributed by atoms with Gasteiger partial charge in [-0.2, -0.15) is 0 Å². The molecule has 132 valence electrons. The maximum Gasteiger partial charge on any atom is 0.335 e. The summed E-state index contributed by atoms with van der Waals surface area (Å²) >= 11 is 0. The van der Waals surface area contributed by atoms with Crippen LogP contribution in [0.15, 0.2) is 53.7 Å². The van der Waals surface area contributed by atoms with Gasteiger partial charge in [0.15, 0.2) is 0 Å². The highest BCUT2D eigenvalue weighted by Gasteiger charge is 2.17. The Morgan fingerprint density at radius 2 is 2.04 bits per heavy atom. The molecule has 0 amide bonds. The third-order valence-electron chi connectivity index (χ3n) is 3.98. The number of aliphatic carboxylic acids is 1. The van der Waals surface area contributed by atoms with Crippen LogP contribution in [0, 0.1) is 13.8 Å². The lowest BCUT2D eigenvalue weighted by molar-refractivity contribution is -0.132. The molecule has 0 radical (unpaired) electrons. The highest BCUT2D eigenvalue weighted by atomic mass is 16.5. The second kappa shape index (κ2) is 8.49. The summed E-state index contributed by atoms with van der Waals surface area (Å²) in [6.07, 6.45) is 13.1. The molecule has 0 saturated carbocycles. The molecule has 1 aliphatic carbocycles. The zero-order chi connectivity index (χ0) is 18.4. The molecule has 0 aromatic heterocycles. The second-order valence-corrected chi connectivity index (χ2v) is 6.28. The third-order valence-corrected chi connectivity index (χ3v) is 3.98. The fourth-order valence-corrected chi connectivity index (χ4v) is 2.73. The number of carboxylic acids is 1.